The van der Waals surface area contributed by atoms with Crippen LogP contribution in [0, 0.1) is 0 Å². The summed E-state index contributed by atoms with van der Waals surface area (Å²) in [5.74, 6) is 0. The van der Waals surface area contributed by atoms with E-state index in [4.69, 9.17) is 0 Å². The molecular weight excluding hydrogens is 916 g/mol. The Kier molecular flexibility index (Phi) is 9.38. The number of rotatable bonds is 6. The first-order chi connectivity index (χ1) is 37.7. The average molecular weight is 963 g/mol. The summed E-state index contributed by atoms with van der Waals surface area (Å²) < 4.78 is 0. The Hall–Kier alpha value is -9.70. The van der Waals surface area contributed by atoms with Gasteiger partial charge < -0.3 is 9.80 Å². The van der Waals surface area contributed by atoms with Crippen molar-refractivity contribution < 1.29 is 0 Å². The summed E-state index contributed by atoms with van der Waals surface area (Å²) in [7, 11) is 0. The van der Waals surface area contributed by atoms with Gasteiger partial charge in [-0.1, -0.05) is 237 Å². The third-order valence-corrected chi connectivity index (χ3v) is 16.9. The third-order valence-electron chi connectivity index (χ3n) is 16.9. The van der Waals surface area contributed by atoms with Crippen LogP contribution in [0.1, 0.15) is 22.3 Å². The van der Waals surface area contributed by atoms with Gasteiger partial charge in [-0.15, -0.1) is 0 Å². The van der Waals surface area contributed by atoms with Crippen LogP contribution in [0.5, 0.6) is 0 Å². The third kappa shape index (κ3) is 6.17. The maximum absolute atomic E-state index is 2.60. The van der Waals surface area contributed by atoms with E-state index in [0.29, 0.717) is 0 Å². The van der Waals surface area contributed by atoms with Crippen molar-refractivity contribution in [1.29, 1.82) is 0 Å². The van der Waals surface area contributed by atoms with Crippen LogP contribution >= 0.6 is 0 Å². The van der Waals surface area contributed by atoms with E-state index in [2.05, 4.69) is 295 Å². The Labute approximate surface area is 444 Å². The smallest absolute Gasteiger partial charge is 0.252 e. The first kappa shape index (κ1) is 42.8. The van der Waals surface area contributed by atoms with Crippen molar-refractivity contribution >= 4 is 57.2 Å². The SMILES string of the molecule is c1ccc(-c2ccc(N3c4ccc(-c5ccccc5)cc4B4c5cc(-c6ccccc6)ccc5N(c5ccc6c(c5)-c5ccccc5C65c6ccccc6-c6ccccc65)c5cc(-c6ccccc6)cc3c54)cc2)cc1. The Morgan fingerprint density at radius 3 is 1.08 bits per heavy atom. The van der Waals surface area contributed by atoms with Gasteiger partial charge in [-0.3, -0.25) is 0 Å². The van der Waals surface area contributed by atoms with Gasteiger partial charge in [-0.2, -0.15) is 0 Å². The monoisotopic (exact) mass is 962 g/mol. The molecule has 0 fully saturated rings. The van der Waals surface area contributed by atoms with Gasteiger partial charge in [0.1, 0.15) is 0 Å². The Morgan fingerprint density at radius 1 is 0.237 bits per heavy atom. The molecule has 12 aromatic carbocycles. The number of anilines is 6. The molecule has 0 amide bonds. The molecule has 0 radical (unpaired) electrons. The zero-order chi connectivity index (χ0) is 49.9. The average Bonchev–Trinajstić information content (AvgIpc) is 4.17. The van der Waals surface area contributed by atoms with E-state index >= 15 is 0 Å². The van der Waals surface area contributed by atoms with E-state index in [-0.39, 0.29) is 6.71 Å². The van der Waals surface area contributed by atoms with Crippen molar-refractivity contribution in [3.63, 3.8) is 0 Å². The molecule has 2 aliphatic carbocycles. The summed E-state index contributed by atoms with van der Waals surface area (Å²) in [6.07, 6.45) is 0. The lowest BCUT2D eigenvalue weighted by Gasteiger charge is -2.45. The molecule has 0 atom stereocenters. The molecule has 4 aliphatic rings. The van der Waals surface area contributed by atoms with Crippen LogP contribution in [-0.2, 0) is 5.41 Å². The van der Waals surface area contributed by atoms with E-state index in [1.54, 1.807) is 0 Å². The quantitative estimate of drug-likeness (QED) is 0.153. The minimum Gasteiger partial charge on any atom is -0.311 e. The van der Waals surface area contributed by atoms with E-state index < -0.39 is 5.41 Å². The molecule has 0 unspecified atom stereocenters. The van der Waals surface area contributed by atoms with Gasteiger partial charge in [0.2, 0.25) is 0 Å². The van der Waals surface area contributed by atoms with Crippen LogP contribution in [0.4, 0.5) is 34.1 Å². The van der Waals surface area contributed by atoms with Crippen molar-refractivity contribution in [1.82, 2.24) is 0 Å². The van der Waals surface area contributed by atoms with Crippen molar-refractivity contribution in [2.45, 2.75) is 5.41 Å². The highest BCUT2D eigenvalue weighted by atomic mass is 15.2. The Morgan fingerprint density at radius 2 is 0.592 bits per heavy atom. The molecular formula is C73H47BN2. The fourth-order valence-corrected chi connectivity index (χ4v) is 13.6. The van der Waals surface area contributed by atoms with Crippen LogP contribution in [0.2, 0.25) is 0 Å². The van der Waals surface area contributed by atoms with Crippen LogP contribution in [0.25, 0.3) is 66.8 Å². The molecule has 76 heavy (non-hydrogen) atoms. The number of hydrogen-bond acceptors (Lipinski definition) is 2. The van der Waals surface area contributed by atoms with Crippen LogP contribution in [-0.4, -0.2) is 6.71 Å². The topological polar surface area (TPSA) is 6.48 Å². The number of fused-ring (bicyclic) bond motifs is 14. The maximum atomic E-state index is 2.60. The van der Waals surface area contributed by atoms with E-state index in [9.17, 15) is 0 Å². The fraction of sp³-hybridized carbons (Fsp3) is 0.0137. The molecule has 352 valence electrons. The predicted octanol–water partition coefficient (Wildman–Crippen LogP) is 16.8. The largest absolute Gasteiger partial charge is 0.311 e. The fourth-order valence-electron chi connectivity index (χ4n) is 13.6. The molecule has 16 rings (SSSR count). The number of hydrogen-bond donors (Lipinski definition) is 0. The van der Waals surface area contributed by atoms with E-state index in [0.717, 1.165) is 11.4 Å². The minimum absolute atomic E-state index is 0.0897. The van der Waals surface area contributed by atoms with E-state index in [1.165, 1.54) is 128 Å². The lowest BCUT2D eigenvalue weighted by atomic mass is 9.33. The summed E-state index contributed by atoms with van der Waals surface area (Å²) in [6.45, 7) is -0.0897. The molecule has 0 saturated heterocycles. The second-order valence-electron chi connectivity index (χ2n) is 20.7. The molecule has 3 heteroatoms. The van der Waals surface area contributed by atoms with Crippen LogP contribution < -0.4 is 26.2 Å². The Balaban J connectivity index is 0.987. The Bertz CT molecular complexity index is 4240. The minimum atomic E-state index is -0.434. The summed E-state index contributed by atoms with van der Waals surface area (Å²) in [5.41, 5.74) is 30.5. The maximum Gasteiger partial charge on any atom is 0.252 e. The van der Waals surface area contributed by atoms with E-state index in [1.807, 2.05) is 0 Å². The van der Waals surface area contributed by atoms with Crippen molar-refractivity contribution in [3.05, 3.63) is 307 Å². The van der Waals surface area contributed by atoms with Gasteiger partial charge in [-0.05, 0) is 154 Å². The molecule has 0 saturated carbocycles. The van der Waals surface area contributed by atoms with Gasteiger partial charge in [0.05, 0.1) is 5.41 Å². The lowest BCUT2D eigenvalue weighted by Crippen LogP contribution is -2.61. The van der Waals surface area contributed by atoms with Gasteiger partial charge in [-0.25, -0.2) is 0 Å². The first-order valence-corrected chi connectivity index (χ1v) is 26.5. The number of nitrogens with zero attached hydrogens (tertiary/aromatic N) is 2. The zero-order valence-electron chi connectivity index (χ0n) is 41.6. The summed E-state index contributed by atoms with van der Waals surface area (Å²) in [4.78, 5) is 5.14. The lowest BCUT2D eigenvalue weighted by molar-refractivity contribution is 0.794. The van der Waals surface area contributed by atoms with Gasteiger partial charge >= 0.3 is 0 Å². The van der Waals surface area contributed by atoms with Gasteiger partial charge in [0.15, 0.2) is 0 Å². The molecule has 2 aliphatic heterocycles. The second-order valence-corrected chi connectivity index (χ2v) is 20.7. The first-order valence-electron chi connectivity index (χ1n) is 26.5. The summed E-state index contributed by atoms with van der Waals surface area (Å²) in [6, 6.07) is 107. The molecule has 12 aromatic rings. The standard InChI is InChI=1S/C73H47BN2/c1-5-19-48(20-6-1)52-33-37-56(38-34-52)75-68-41-35-53(49-21-7-2-8-22-49)43-66(68)74-67-44-54(50-23-9-3-10-24-50)36-42-69(67)76(71-46-55(45-70(75)72(71)74)51-25-11-4-12-26-51)57-39-40-65-61(47-57)60-29-15-18-32-64(60)73(65)62-30-16-13-27-58(62)59-28-14-17-31-63(59)73/h1-47H. The molecule has 0 N–H and O–H groups in total. The highest BCUT2D eigenvalue weighted by Gasteiger charge is 2.52. The van der Waals surface area contributed by atoms with Gasteiger partial charge in [0.25, 0.3) is 6.71 Å². The zero-order valence-corrected chi connectivity index (χ0v) is 41.6. The van der Waals surface area contributed by atoms with Crippen LogP contribution in [0.15, 0.2) is 285 Å². The molecule has 2 nitrogen and oxygen atoms in total. The molecule has 0 bridgehead atoms. The summed E-state index contributed by atoms with van der Waals surface area (Å²) in [5, 5.41) is 0. The number of benzene rings is 12. The van der Waals surface area contributed by atoms with Crippen molar-refractivity contribution in [2.24, 2.45) is 0 Å². The van der Waals surface area contributed by atoms with Gasteiger partial charge in [0, 0.05) is 34.1 Å². The molecule has 0 aromatic heterocycles. The molecule has 1 spiro atoms. The van der Waals surface area contributed by atoms with Crippen molar-refractivity contribution in [2.75, 3.05) is 9.80 Å². The molecule has 2 heterocycles. The van der Waals surface area contributed by atoms with Crippen molar-refractivity contribution in [3.8, 4) is 66.8 Å². The predicted molar refractivity (Wildman–Crippen MR) is 319 cm³/mol. The highest BCUT2D eigenvalue weighted by Crippen LogP contribution is 2.63. The summed E-state index contributed by atoms with van der Waals surface area (Å²) >= 11 is 0. The second kappa shape index (κ2) is 16.7. The highest BCUT2D eigenvalue weighted by molar-refractivity contribution is 7.00. The van der Waals surface area contributed by atoms with Crippen LogP contribution in [0.3, 0.4) is 0 Å². The normalized spacial score (nSPS) is 13.6.